The Labute approximate surface area is 124 Å². The molecule has 5 nitrogen and oxygen atoms in total. The van der Waals surface area contributed by atoms with Crippen LogP contribution in [0, 0.1) is 0 Å². The summed E-state index contributed by atoms with van der Waals surface area (Å²) in [6, 6.07) is 11.9. The Morgan fingerprint density at radius 2 is 1.76 bits per heavy atom. The highest BCUT2D eigenvalue weighted by molar-refractivity contribution is 5.99. The van der Waals surface area contributed by atoms with Crippen molar-refractivity contribution in [2.24, 2.45) is 0 Å². The molecule has 2 N–H and O–H groups in total. The number of hydrogen-bond acceptors (Lipinski definition) is 4. The average Bonchev–Trinajstić information content (AvgIpc) is 2.56. The van der Waals surface area contributed by atoms with Gasteiger partial charge in [-0.3, -0.25) is 9.78 Å². The molecule has 0 atom stereocenters. The minimum Gasteiger partial charge on any atom is -0.397 e. The van der Waals surface area contributed by atoms with Gasteiger partial charge in [0.2, 0.25) is 0 Å². The molecular weight excluding hydrogens is 264 g/mol. The molecular formula is C16H18N4O. The minimum atomic E-state index is -0.0115. The summed E-state index contributed by atoms with van der Waals surface area (Å²) in [5.74, 6) is -0.0115. The van der Waals surface area contributed by atoms with E-state index in [4.69, 9.17) is 5.73 Å². The molecule has 1 aromatic heterocycles. The number of hydrogen-bond donors (Lipinski definition) is 1. The number of anilines is 2. The Balaban J connectivity index is 1.66. The van der Waals surface area contributed by atoms with Crippen molar-refractivity contribution in [1.29, 1.82) is 0 Å². The summed E-state index contributed by atoms with van der Waals surface area (Å²) in [6.45, 7) is 3.08. The third-order valence-electron chi connectivity index (χ3n) is 3.77. The van der Waals surface area contributed by atoms with E-state index in [1.807, 2.05) is 23.1 Å². The molecule has 2 heterocycles. The summed E-state index contributed by atoms with van der Waals surface area (Å²) in [4.78, 5) is 20.5. The molecule has 0 radical (unpaired) electrons. The van der Waals surface area contributed by atoms with Gasteiger partial charge in [0, 0.05) is 38.1 Å². The van der Waals surface area contributed by atoms with Gasteiger partial charge >= 0.3 is 0 Å². The first-order chi connectivity index (χ1) is 10.3. The van der Waals surface area contributed by atoms with E-state index in [9.17, 15) is 4.79 Å². The van der Waals surface area contributed by atoms with Crippen LogP contribution in [-0.2, 0) is 0 Å². The van der Waals surface area contributed by atoms with Crippen molar-refractivity contribution in [2.75, 3.05) is 36.8 Å². The highest BCUT2D eigenvalue weighted by Gasteiger charge is 2.23. The molecule has 1 aliphatic heterocycles. The normalized spacial score (nSPS) is 15.0. The highest BCUT2D eigenvalue weighted by Crippen LogP contribution is 2.18. The fourth-order valence-electron chi connectivity index (χ4n) is 2.58. The predicted molar refractivity (Wildman–Crippen MR) is 83.2 cm³/mol. The van der Waals surface area contributed by atoms with Crippen LogP contribution in [0.2, 0.25) is 0 Å². The molecule has 0 spiro atoms. The Morgan fingerprint density at radius 3 is 2.43 bits per heavy atom. The van der Waals surface area contributed by atoms with E-state index in [0.29, 0.717) is 24.3 Å². The van der Waals surface area contributed by atoms with Crippen molar-refractivity contribution >= 4 is 17.3 Å². The van der Waals surface area contributed by atoms with Crippen LogP contribution in [0.1, 0.15) is 10.4 Å². The molecule has 1 fully saturated rings. The lowest BCUT2D eigenvalue weighted by atomic mass is 10.1. The van der Waals surface area contributed by atoms with Crippen molar-refractivity contribution in [1.82, 2.24) is 9.88 Å². The zero-order chi connectivity index (χ0) is 14.7. The molecule has 1 aliphatic rings. The smallest absolute Gasteiger partial charge is 0.256 e. The molecule has 5 heteroatoms. The number of piperazine rings is 1. The van der Waals surface area contributed by atoms with Gasteiger partial charge in [-0.05, 0) is 18.2 Å². The third-order valence-corrected chi connectivity index (χ3v) is 3.77. The van der Waals surface area contributed by atoms with Crippen LogP contribution >= 0.6 is 0 Å². The number of pyridine rings is 1. The number of nitrogens with zero attached hydrogens (tertiary/aromatic N) is 3. The SMILES string of the molecule is Nc1cnccc1C(=O)N1CCN(c2ccccc2)CC1. The number of para-hydroxylation sites is 1. The zero-order valence-corrected chi connectivity index (χ0v) is 11.8. The van der Waals surface area contributed by atoms with Crippen molar-refractivity contribution in [2.45, 2.75) is 0 Å². The number of benzene rings is 1. The first-order valence-corrected chi connectivity index (χ1v) is 7.04. The molecule has 0 aliphatic carbocycles. The maximum Gasteiger partial charge on any atom is 0.256 e. The standard InChI is InChI=1S/C16H18N4O/c17-15-12-18-7-6-14(15)16(21)20-10-8-19(9-11-20)13-4-2-1-3-5-13/h1-7,12H,8-11,17H2. The van der Waals surface area contributed by atoms with Crippen LogP contribution in [-0.4, -0.2) is 42.0 Å². The van der Waals surface area contributed by atoms with Gasteiger partial charge in [0.1, 0.15) is 0 Å². The molecule has 108 valence electrons. The van der Waals surface area contributed by atoms with Gasteiger partial charge in [0.25, 0.3) is 5.91 Å². The van der Waals surface area contributed by atoms with Crippen molar-refractivity contribution in [3.8, 4) is 0 Å². The Kier molecular flexibility index (Phi) is 3.73. The van der Waals surface area contributed by atoms with Gasteiger partial charge < -0.3 is 15.5 Å². The van der Waals surface area contributed by atoms with Crippen LogP contribution in [0.5, 0.6) is 0 Å². The molecule has 3 rings (SSSR count). The van der Waals surface area contributed by atoms with E-state index in [1.165, 1.54) is 11.9 Å². The molecule has 2 aromatic rings. The molecule has 0 saturated carbocycles. The van der Waals surface area contributed by atoms with Crippen LogP contribution in [0.15, 0.2) is 48.8 Å². The Bertz CT molecular complexity index is 621. The lowest BCUT2D eigenvalue weighted by Crippen LogP contribution is -2.48. The van der Waals surface area contributed by atoms with Crippen LogP contribution < -0.4 is 10.6 Å². The lowest BCUT2D eigenvalue weighted by molar-refractivity contribution is 0.0747. The van der Waals surface area contributed by atoms with E-state index in [1.54, 1.807) is 12.3 Å². The molecule has 1 saturated heterocycles. The van der Waals surface area contributed by atoms with E-state index < -0.39 is 0 Å². The Morgan fingerprint density at radius 1 is 1.05 bits per heavy atom. The van der Waals surface area contributed by atoms with Crippen molar-refractivity contribution < 1.29 is 4.79 Å². The average molecular weight is 282 g/mol. The van der Waals surface area contributed by atoms with E-state index >= 15 is 0 Å². The summed E-state index contributed by atoms with van der Waals surface area (Å²) < 4.78 is 0. The lowest BCUT2D eigenvalue weighted by Gasteiger charge is -2.36. The summed E-state index contributed by atoms with van der Waals surface area (Å²) in [6.07, 6.45) is 3.12. The van der Waals surface area contributed by atoms with E-state index in [2.05, 4.69) is 22.0 Å². The monoisotopic (exact) mass is 282 g/mol. The molecule has 0 bridgehead atoms. The van der Waals surface area contributed by atoms with Gasteiger partial charge in [-0.1, -0.05) is 18.2 Å². The third kappa shape index (κ3) is 2.81. The first-order valence-electron chi connectivity index (χ1n) is 7.04. The molecule has 0 unspecified atom stereocenters. The number of rotatable bonds is 2. The zero-order valence-electron chi connectivity index (χ0n) is 11.8. The first kappa shape index (κ1) is 13.4. The number of nitrogens with two attached hydrogens (primary N) is 1. The van der Waals surface area contributed by atoms with Gasteiger partial charge in [0.05, 0.1) is 17.4 Å². The molecule has 1 aromatic carbocycles. The van der Waals surface area contributed by atoms with E-state index in [0.717, 1.165) is 13.1 Å². The van der Waals surface area contributed by atoms with E-state index in [-0.39, 0.29) is 5.91 Å². The molecule has 21 heavy (non-hydrogen) atoms. The summed E-state index contributed by atoms with van der Waals surface area (Å²) in [5.41, 5.74) is 8.01. The maximum absolute atomic E-state index is 12.5. The number of aromatic nitrogens is 1. The summed E-state index contributed by atoms with van der Waals surface area (Å²) in [5, 5.41) is 0. The van der Waals surface area contributed by atoms with Crippen LogP contribution in [0.25, 0.3) is 0 Å². The number of nitrogen functional groups attached to an aromatic ring is 1. The van der Waals surface area contributed by atoms with Gasteiger partial charge in [0.15, 0.2) is 0 Å². The van der Waals surface area contributed by atoms with Gasteiger partial charge in [-0.2, -0.15) is 0 Å². The second kappa shape index (κ2) is 5.83. The summed E-state index contributed by atoms with van der Waals surface area (Å²) >= 11 is 0. The van der Waals surface area contributed by atoms with Crippen LogP contribution in [0.3, 0.4) is 0 Å². The number of carbonyl (C=O) groups excluding carboxylic acids is 1. The summed E-state index contributed by atoms with van der Waals surface area (Å²) in [7, 11) is 0. The second-order valence-corrected chi connectivity index (χ2v) is 5.08. The second-order valence-electron chi connectivity index (χ2n) is 5.08. The number of amides is 1. The van der Waals surface area contributed by atoms with Gasteiger partial charge in [-0.15, -0.1) is 0 Å². The maximum atomic E-state index is 12.5. The largest absolute Gasteiger partial charge is 0.397 e. The predicted octanol–water partition coefficient (Wildman–Crippen LogP) is 1.63. The van der Waals surface area contributed by atoms with Gasteiger partial charge in [-0.25, -0.2) is 0 Å². The topological polar surface area (TPSA) is 62.5 Å². The van der Waals surface area contributed by atoms with Crippen LogP contribution in [0.4, 0.5) is 11.4 Å². The quantitative estimate of drug-likeness (QED) is 0.909. The Hall–Kier alpha value is -2.56. The van der Waals surface area contributed by atoms with Crippen molar-refractivity contribution in [3.05, 3.63) is 54.4 Å². The molecule has 1 amide bonds. The van der Waals surface area contributed by atoms with Crippen molar-refractivity contribution in [3.63, 3.8) is 0 Å². The number of carbonyl (C=O) groups is 1. The minimum absolute atomic E-state index is 0.0115. The fraction of sp³-hybridized carbons (Fsp3) is 0.250. The highest BCUT2D eigenvalue weighted by atomic mass is 16.2. The fourth-order valence-corrected chi connectivity index (χ4v) is 2.58.